The van der Waals surface area contributed by atoms with Gasteiger partial charge in [0, 0.05) is 4.75 Å². The number of thioether (sulfide) groups is 1. The lowest BCUT2D eigenvalue weighted by molar-refractivity contribution is 0.466. The maximum absolute atomic E-state index is 4.61. The van der Waals surface area contributed by atoms with Crippen LogP contribution < -0.4 is 0 Å². The fraction of sp³-hybridized carbons (Fsp3) is 1.00. The molecule has 0 fully saturated rings. The molecular weight excluding hydrogens is 228 g/mol. The van der Waals surface area contributed by atoms with E-state index in [1.54, 1.807) is 0 Å². The first-order chi connectivity index (χ1) is 7.68. The van der Waals surface area contributed by atoms with Gasteiger partial charge in [0.15, 0.2) is 0 Å². The summed E-state index contributed by atoms with van der Waals surface area (Å²) in [6.07, 6.45) is 3.42. The minimum atomic E-state index is -0.0693. The van der Waals surface area contributed by atoms with Crippen LogP contribution in [-0.4, -0.2) is 16.2 Å². The van der Waals surface area contributed by atoms with Gasteiger partial charge in [-0.25, -0.2) is 0 Å². The Balaban J connectivity index is 4.55. The summed E-state index contributed by atoms with van der Waals surface area (Å²) in [6, 6.07) is 0. The van der Waals surface area contributed by atoms with Gasteiger partial charge >= 0.3 is 0 Å². The first kappa shape index (κ1) is 16.9. The summed E-state index contributed by atoms with van der Waals surface area (Å²) < 4.78 is 0.230. The van der Waals surface area contributed by atoms with Gasteiger partial charge < -0.3 is 0 Å². The molecule has 0 rings (SSSR count). The molecule has 2 nitrogen and oxygen atoms in total. The van der Waals surface area contributed by atoms with Gasteiger partial charge in [0.2, 0.25) is 0 Å². The van der Waals surface area contributed by atoms with Crippen molar-refractivity contribution in [3.8, 4) is 0 Å². The molecule has 0 saturated heterocycles. The van der Waals surface area contributed by atoms with Crippen LogP contribution in [0.25, 0.3) is 0 Å². The van der Waals surface area contributed by atoms with Crippen LogP contribution in [0.2, 0.25) is 0 Å². The molecule has 0 aromatic carbocycles. The molecule has 0 aromatic heterocycles. The van der Waals surface area contributed by atoms with Crippen LogP contribution in [-0.2, 0) is 0 Å². The lowest BCUT2D eigenvalue weighted by Gasteiger charge is -2.32. The number of hydrogen-bond donors (Lipinski definition) is 0. The van der Waals surface area contributed by atoms with Crippen molar-refractivity contribution in [2.24, 2.45) is 16.1 Å². The van der Waals surface area contributed by atoms with Gasteiger partial charge in [-0.2, -0.15) is 10.2 Å². The van der Waals surface area contributed by atoms with E-state index in [-0.39, 0.29) is 9.62 Å². The number of unbranched alkanes of at least 4 members (excludes halogenated alkanes) is 1. The van der Waals surface area contributed by atoms with Crippen molar-refractivity contribution < 1.29 is 0 Å². The van der Waals surface area contributed by atoms with E-state index in [2.05, 4.69) is 58.7 Å². The predicted octanol–water partition coefficient (Wildman–Crippen LogP) is 5.53. The number of nitrogens with zero attached hydrogens (tertiary/aromatic N) is 2. The Kier molecular flexibility index (Phi) is 7.38. The van der Waals surface area contributed by atoms with E-state index < -0.39 is 0 Å². The quantitative estimate of drug-likeness (QED) is 0.435. The van der Waals surface area contributed by atoms with Crippen molar-refractivity contribution in [2.45, 2.75) is 77.3 Å². The highest BCUT2D eigenvalue weighted by Crippen LogP contribution is 2.41. The smallest absolute Gasteiger partial charge is 0.124 e. The molecule has 0 saturated carbocycles. The topological polar surface area (TPSA) is 24.7 Å². The second kappa shape index (κ2) is 7.40. The average molecular weight is 258 g/mol. The fourth-order valence-corrected chi connectivity index (χ4v) is 3.78. The van der Waals surface area contributed by atoms with Gasteiger partial charge in [0.25, 0.3) is 0 Å². The van der Waals surface area contributed by atoms with Crippen molar-refractivity contribution in [1.82, 2.24) is 0 Å². The van der Waals surface area contributed by atoms with E-state index in [0.717, 1.165) is 19.4 Å². The summed E-state index contributed by atoms with van der Waals surface area (Å²) in [7, 11) is 0. The molecule has 0 radical (unpaired) electrons. The van der Waals surface area contributed by atoms with E-state index in [4.69, 9.17) is 0 Å². The largest absolute Gasteiger partial charge is 0.193 e. The zero-order chi connectivity index (χ0) is 13.5. The van der Waals surface area contributed by atoms with Gasteiger partial charge in [0.05, 0.1) is 6.54 Å². The van der Waals surface area contributed by atoms with Crippen LogP contribution in [0, 0.1) is 5.92 Å². The van der Waals surface area contributed by atoms with Crippen LogP contribution in [0.4, 0.5) is 0 Å². The predicted molar refractivity (Wildman–Crippen MR) is 79.8 cm³/mol. The second-order valence-corrected chi connectivity index (χ2v) is 8.61. The molecule has 1 unspecified atom stereocenters. The second-order valence-electron chi connectivity index (χ2n) is 6.31. The van der Waals surface area contributed by atoms with Gasteiger partial charge in [-0.3, -0.25) is 0 Å². The molecule has 102 valence electrons. The molecule has 0 aliphatic heterocycles. The van der Waals surface area contributed by atoms with Gasteiger partial charge in [-0.1, -0.05) is 48.0 Å². The standard InChI is InChI=1S/C14H30N2S/c1-8-9-10-15-16-14(7,11-12(2)3)17-13(4,5)6/h12H,8-11H2,1-7H3. The highest BCUT2D eigenvalue weighted by molar-refractivity contribution is 8.01. The Hall–Kier alpha value is -0.0500. The van der Waals surface area contributed by atoms with Crippen molar-refractivity contribution in [2.75, 3.05) is 6.54 Å². The molecule has 0 N–H and O–H groups in total. The fourth-order valence-electron chi connectivity index (χ4n) is 1.95. The number of rotatable bonds is 7. The summed E-state index contributed by atoms with van der Waals surface area (Å²) in [5.74, 6) is 0.653. The SMILES string of the molecule is CCCCN=NC(C)(CC(C)C)SC(C)(C)C. The monoisotopic (exact) mass is 258 g/mol. The minimum absolute atomic E-state index is 0.0693. The molecule has 0 aromatic rings. The lowest BCUT2D eigenvalue weighted by atomic mass is 10.1. The van der Waals surface area contributed by atoms with Crippen LogP contribution in [0.1, 0.15) is 67.7 Å². The molecular formula is C14H30N2S. The number of hydrogen-bond acceptors (Lipinski definition) is 3. The van der Waals surface area contributed by atoms with E-state index in [1.165, 1.54) is 6.42 Å². The van der Waals surface area contributed by atoms with Crippen molar-refractivity contribution in [3.05, 3.63) is 0 Å². The molecule has 0 heterocycles. The van der Waals surface area contributed by atoms with E-state index >= 15 is 0 Å². The third-order valence-electron chi connectivity index (χ3n) is 2.21. The van der Waals surface area contributed by atoms with Crippen LogP contribution in [0.15, 0.2) is 10.2 Å². The minimum Gasteiger partial charge on any atom is -0.193 e. The van der Waals surface area contributed by atoms with E-state index in [0.29, 0.717) is 5.92 Å². The average Bonchev–Trinajstić information content (AvgIpc) is 2.07. The Morgan fingerprint density at radius 2 is 1.71 bits per heavy atom. The van der Waals surface area contributed by atoms with Gasteiger partial charge in [-0.05, 0) is 25.7 Å². The summed E-state index contributed by atoms with van der Waals surface area (Å²) >= 11 is 1.93. The Bertz CT molecular complexity index is 231. The lowest BCUT2D eigenvalue weighted by Crippen LogP contribution is -2.26. The maximum Gasteiger partial charge on any atom is 0.124 e. The molecule has 1 atom stereocenters. The molecule has 17 heavy (non-hydrogen) atoms. The van der Waals surface area contributed by atoms with Crippen LogP contribution >= 0.6 is 11.8 Å². The highest BCUT2D eigenvalue weighted by Gasteiger charge is 2.31. The molecule has 0 aliphatic carbocycles. The van der Waals surface area contributed by atoms with E-state index in [9.17, 15) is 0 Å². The third-order valence-corrected chi connectivity index (χ3v) is 3.51. The first-order valence-electron chi connectivity index (χ1n) is 6.77. The highest BCUT2D eigenvalue weighted by atomic mass is 32.2. The third kappa shape index (κ3) is 9.63. The van der Waals surface area contributed by atoms with Gasteiger partial charge in [0.1, 0.15) is 4.87 Å². The molecule has 0 amide bonds. The normalized spacial score (nSPS) is 16.7. The Morgan fingerprint density at radius 3 is 2.12 bits per heavy atom. The van der Waals surface area contributed by atoms with Crippen molar-refractivity contribution >= 4 is 11.8 Å². The van der Waals surface area contributed by atoms with E-state index in [1.807, 2.05) is 11.8 Å². The van der Waals surface area contributed by atoms with Crippen LogP contribution in [0.3, 0.4) is 0 Å². The zero-order valence-corrected chi connectivity index (χ0v) is 13.5. The first-order valence-corrected chi connectivity index (χ1v) is 7.59. The Labute approximate surface area is 112 Å². The van der Waals surface area contributed by atoms with Crippen molar-refractivity contribution in [1.29, 1.82) is 0 Å². The maximum atomic E-state index is 4.61. The van der Waals surface area contributed by atoms with Crippen LogP contribution in [0.5, 0.6) is 0 Å². The summed E-state index contributed by atoms with van der Waals surface area (Å²) in [5.41, 5.74) is 0. The summed E-state index contributed by atoms with van der Waals surface area (Å²) in [6.45, 7) is 16.5. The molecule has 0 aliphatic rings. The molecule has 0 bridgehead atoms. The zero-order valence-electron chi connectivity index (χ0n) is 12.7. The summed E-state index contributed by atoms with van der Waals surface area (Å²) in [5, 5.41) is 8.98. The number of azo groups is 1. The summed E-state index contributed by atoms with van der Waals surface area (Å²) in [4.78, 5) is -0.0693. The Morgan fingerprint density at radius 1 is 1.12 bits per heavy atom. The molecule has 3 heteroatoms. The van der Waals surface area contributed by atoms with Gasteiger partial charge in [-0.15, -0.1) is 11.8 Å². The molecule has 0 spiro atoms. The van der Waals surface area contributed by atoms with Crippen molar-refractivity contribution in [3.63, 3.8) is 0 Å².